The largest absolute Gasteiger partial charge is 0.372 e. The third-order valence-electron chi connectivity index (χ3n) is 1.09. The molecule has 0 amide bonds. The van der Waals surface area contributed by atoms with Crippen molar-refractivity contribution in [3.8, 4) is 0 Å². The number of hydrogen-bond donors (Lipinski definition) is 1. The van der Waals surface area contributed by atoms with Crippen molar-refractivity contribution in [2.45, 2.75) is 0 Å². The number of carbonyl (C=O) groups is 1. The molecule has 1 aromatic rings. The van der Waals surface area contributed by atoms with Crippen molar-refractivity contribution in [2.75, 3.05) is 0 Å². The van der Waals surface area contributed by atoms with Gasteiger partial charge in [-0.2, -0.15) is 5.26 Å². The van der Waals surface area contributed by atoms with Gasteiger partial charge in [-0.1, -0.05) is 18.2 Å². The molecule has 1 rings (SSSR count). The van der Waals surface area contributed by atoms with Crippen LogP contribution in [0.25, 0.3) is 0 Å². The molecule has 0 saturated heterocycles. The normalized spacial score (nSPS) is 8.09. The highest BCUT2D eigenvalue weighted by Gasteiger charge is 2.02. The Kier molecular flexibility index (Phi) is 4.85. The van der Waals surface area contributed by atoms with Gasteiger partial charge in [-0.3, -0.25) is 4.89 Å². The van der Waals surface area contributed by atoms with Crippen molar-refractivity contribution in [1.29, 1.82) is 0 Å². The Balaban J connectivity index is 0.000001000. The zero-order valence-electron chi connectivity index (χ0n) is 5.15. The van der Waals surface area contributed by atoms with Crippen LogP contribution in [0.1, 0.15) is 10.4 Å². The van der Waals surface area contributed by atoms with Crippen LogP contribution in [-0.2, 0) is 4.89 Å². The summed E-state index contributed by atoms with van der Waals surface area (Å²) in [5.41, 5.74) is 0.338. The van der Waals surface area contributed by atoms with Crippen molar-refractivity contribution in [3.63, 3.8) is 0 Å². The van der Waals surface area contributed by atoms with E-state index in [0.29, 0.717) is 5.56 Å². The standard InChI is InChI=1S/C7H6O3.Mg.2H/c8-7(10-9)6-4-2-1-3-5-6;;;/h1-5,9H;;;. The molecule has 0 aliphatic carbocycles. The highest BCUT2D eigenvalue weighted by Crippen LogP contribution is 1.98. The van der Waals surface area contributed by atoms with Gasteiger partial charge in [-0.15, -0.1) is 0 Å². The molecule has 11 heavy (non-hydrogen) atoms. The predicted octanol–water partition coefficient (Wildman–Crippen LogP) is 0.400. The molecule has 0 aliphatic heterocycles. The minimum absolute atomic E-state index is 0. The van der Waals surface area contributed by atoms with Gasteiger partial charge in [-0.25, -0.2) is 4.79 Å². The van der Waals surface area contributed by atoms with Crippen molar-refractivity contribution in [2.24, 2.45) is 0 Å². The van der Waals surface area contributed by atoms with Crippen LogP contribution in [0, 0.1) is 0 Å². The Labute approximate surface area is 80.1 Å². The topological polar surface area (TPSA) is 46.5 Å². The van der Waals surface area contributed by atoms with Crippen molar-refractivity contribution in [3.05, 3.63) is 35.9 Å². The molecule has 0 bridgehead atoms. The lowest BCUT2D eigenvalue weighted by atomic mass is 10.2. The van der Waals surface area contributed by atoms with Gasteiger partial charge in [0.2, 0.25) is 0 Å². The summed E-state index contributed by atoms with van der Waals surface area (Å²) in [6.45, 7) is 0. The van der Waals surface area contributed by atoms with Crippen molar-refractivity contribution < 1.29 is 14.9 Å². The Hall–Kier alpha value is -0.584. The van der Waals surface area contributed by atoms with Gasteiger partial charge in [0, 0.05) is 0 Å². The zero-order chi connectivity index (χ0) is 7.40. The van der Waals surface area contributed by atoms with Crippen molar-refractivity contribution in [1.82, 2.24) is 0 Å². The van der Waals surface area contributed by atoms with E-state index in [-0.39, 0.29) is 23.1 Å². The van der Waals surface area contributed by atoms with Gasteiger partial charge >= 0.3 is 29.0 Å². The quantitative estimate of drug-likeness (QED) is 0.371. The minimum Gasteiger partial charge on any atom is -0.296 e. The summed E-state index contributed by atoms with van der Waals surface area (Å²) >= 11 is 0. The molecule has 1 aromatic carbocycles. The smallest absolute Gasteiger partial charge is 0.296 e. The molecular weight excluding hydrogens is 156 g/mol. The lowest BCUT2D eigenvalue weighted by Crippen LogP contribution is -2.00. The van der Waals surface area contributed by atoms with Gasteiger partial charge in [0.05, 0.1) is 5.56 Å². The summed E-state index contributed by atoms with van der Waals surface area (Å²) < 4.78 is 0. The predicted molar refractivity (Wildman–Crippen MR) is 43.0 cm³/mol. The van der Waals surface area contributed by atoms with E-state index in [1.54, 1.807) is 30.3 Å². The molecule has 0 aliphatic rings. The SMILES string of the molecule is O=C(OO)c1ccccc1.[MgH2]. The fourth-order valence-corrected chi connectivity index (χ4v) is 0.627. The van der Waals surface area contributed by atoms with Crippen LogP contribution in [0.4, 0.5) is 0 Å². The third kappa shape index (κ3) is 2.88. The maximum absolute atomic E-state index is 10.5. The van der Waals surface area contributed by atoms with Crippen LogP contribution in [0.15, 0.2) is 30.3 Å². The number of carbonyl (C=O) groups excluding carboxylic acids is 1. The molecule has 1 N–H and O–H groups in total. The van der Waals surface area contributed by atoms with Crippen molar-refractivity contribution >= 4 is 29.0 Å². The maximum atomic E-state index is 10.5. The summed E-state index contributed by atoms with van der Waals surface area (Å²) in [5, 5.41) is 7.94. The van der Waals surface area contributed by atoms with Crippen LogP contribution in [0.2, 0.25) is 0 Å². The highest BCUT2D eigenvalue weighted by atomic mass is 24.3. The Morgan fingerprint density at radius 1 is 1.27 bits per heavy atom. The van der Waals surface area contributed by atoms with Crippen LogP contribution in [0.5, 0.6) is 0 Å². The molecule has 0 spiro atoms. The molecule has 0 fully saturated rings. The van der Waals surface area contributed by atoms with Crippen LogP contribution >= 0.6 is 0 Å². The van der Waals surface area contributed by atoms with E-state index in [1.165, 1.54) is 0 Å². The Morgan fingerprint density at radius 3 is 2.27 bits per heavy atom. The van der Waals surface area contributed by atoms with E-state index >= 15 is 0 Å². The zero-order valence-corrected chi connectivity index (χ0v) is 5.15. The fourth-order valence-electron chi connectivity index (χ4n) is 0.627. The second-order valence-electron chi connectivity index (χ2n) is 1.74. The Bertz CT molecular complexity index is 222. The molecule has 3 nitrogen and oxygen atoms in total. The van der Waals surface area contributed by atoms with Gasteiger partial charge in [-0.05, 0) is 12.1 Å². The lowest BCUT2D eigenvalue weighted by Gasteiger charge is -1.92. The van der Waals surface area contributed by atoms with E-state index in [2.05, 4.69) is 4.89 Å². The first-order chi connectivity index (χ1) is 4.84. The van der Waals surface area contributed by atoms with Crippen LogP contribution < -0.4 is 0 Å². The molecule has 0 radical (unpaired) electrons. The highest BCUT2D eigenvalue weighted by molar-refractivity contribution is 5.88. The molecule has 56 valence electrons. The summed E-state index contributed by atoms with van der Waals surface area (Å²) in [6.07, 6.45) is 0. The fraction of sp³-hybridized carbons (Fsp3) is 0. The summed E-state index contributed by atoms with van der Waals surface area (Å²) in [7, 11) is 0. The average Bonchev–Trinajstić information content (AvgIpc) is 2.05. The van der Waals surface area contributed by atoms with E-state index < -0.39 is 5.97 Å². The monoisotopic (exact) mass is 164 g/mol. The van der Waals surface area contributed by atoms with E-state index in [0.717, 1.165) is 0 Å². The van der Waals surface area contributed by atoms with Gasteiger partial charge < -0.3 is 0 Å². The molecule has 0 aromatic heterocycles. The average molecular weight is 164 g/mol. The number of hydrogen-bond acceptors (Lipinski definition) is 3. The first-order valence-corrected chi connectivity index (χ1v) is 2.75. The summed E-state index contributed by atoms with van der Waals surface area (Å²) in [6, 6.07) is 8.25. The van der Waals surface area contributed by atoms with Gasteiger partial charge in [0.25, 0.3) is 0 Å². The second kappa shape index (κ2) is 5.12. The maximum Gasteiger partial charge on any atom is 0.372 e. The third-order valence-corrected chi connectivity index (χ3v) is 1.09. The first-order valence-electron chi connectivity index (χ1n) is 2.75. The number of benzene rings is 1. The summed E-state index contributed by atoms with van der Waals surface area (Å²) in [4.78, 5) is 14.0. The van der Waals surface area contributed by atoms with E-state index in [4.69, 9.17) is 5.26 Å². The minimum atomic E-state index is -0.736. The Morgan fingerprint density at radius 2 is 1.82 bits per heavy atom. The summed E-state index contributed by atoms with van der Waals surface area (Å²) in [5.74, 6) is -0.736. The van der Waals surface area contributed by atoms with Gasteiger partial charge in [0.15, 0.2) is 0 Å². The molecular formula is C7H8MgO3. The number of rotatable bonds is 1. The molecule has 0 unspecified atom stereocenters. The second-order valence-corrected chi connectivity index (χ2v) is 1.74. The lowest BCUT2D eigenvalue weighted by molar-refractivity contribution is -0.182. The van der Waals surface area contributed by atoms with Crippen LogP contribution in [-0.4, -0.2) is 34.3 Å². The first kappa shape index (κ1) is 10.4. The van der Waals surface area contributed by atoms with Gasteiger partial charge in [0.1, 0.15) is 0 Å². The molecule has 4 heteroatoms. The molecule has 0 saturated carbocycles. The van der Waals surface area contributed by atoms with E-state index in [1.807, 2.05) is 0 Å². The van der Waals surface area contributed by atoms with E-state index in [9.17, 15) is 4.79 Å². The molecule has 0 atom stereocenters. The van der Waals surface area contributed by atoms with Crippen LogP contribution in [0.3, 0.4) is 0 Å². The molecule has 0 heterocycles.